The Morgan fingerprint density at radius 3 is 2.38 bits per heavy atom. The van der Waals surface area contributed by atoms with Crippen LogP contribution in [0.1, 0.15) is 33.6 Å². The van der Waals surface area contributed by atoms with Gasteiger partial charge in [0.25, 0.3) is 0 Å². The summed E-state index contributed by atoms with van der Waals surface area (Å²) in [4.78, 5) is 14.0. The average molecular weight is 225 g/mol. The Morgan fingerprint density at radius 1 is 1.25 bits per heavy atom. The maximum absolute atomic E-state index is 11.9. The molecule has 2 fully saturated rings. The van der Waals surface area contributed by atoms with Crippen LogP contribution in [0.25, 0.3) is 0 Å². The van der Waals surface area contributed by atoms with Gasteiger partial charge >= 0.3 is 6.03 Å². The van der Waals surface area contributed by atoms with Crippen molar-refractivity contribution in [2.45, 2.75) is 45.7 Å². The summed E-state index contributed by atoms with van der Waals surface area (Å²) in [6, 6.07) is 0.857. The topological polar surface area (TPSA) is 44.4 Å². The second-order valence-electron chi connectivity index (χ2n) is 6.00. The van der Waals surface area contributed by atoms with Crippen LogP contribution in [0.3, 0.4) is 0 Å². The van der Waals surface area contributed by atoms with Gasteiger partial charge in [0.1, 0.15) is 0 Å². The number of urea groups is 1. The van der Waals surface area contributed by atoms with Crippen molar-refractivity contribution >= 4 is 6.03 Å². The Morgan fingerprint density at radius 2 is 1.88 bits per heavy atom. The number of rotatable bonds is 1. The van der Waals surface area contributed by atoms with Crippen LogP contribution >= 0.6 is 0 Å². The molecule has 4 nitrogen and oxygen atoms in total. The summed E-state index contributed by atoms with van der Waals surface area (Å²) in [5.74, 6) is 0. The molecule has 0 aromatic carbocycles. The van der Waals surface area contributed by atoms with Gasteiger partial charge in [-0.25, -0.2) is 4.79 Å². The third-order valence-corrected chi connectivity index (χ3v) is 3.73. The van der Waals surface area contributed by atoms with Gasteiger partial charge in [-0.1, -0.05) is 20.8 Å². The summed E-state index contributed by atoms with van der Waals surface area (Å²) < 4.78 is 0. The Hall–Kier alpha value is -0.770. The fraction of sp³-hybridized carbons (Fsp3) is 0.917. The number of hydrogen-bond donors (Lipinski definition) is 2. The molecule has 0 radical (unpaired) electrons. The minimum absolute atomic E-state index is 0.131. The highest BCUT2D eigenvalue weighted by molar-refractivity contribution is 5.77. The van der Waals surface area contributed by atoms with Gasteiger partial charge in [0.05, 0.1) is 6.04 Å². The SMILES string of the molecule is CC(C)(C)C1CN(C2CCNCC2)C(=O)N1. The number of carbonyl (C=O) groups excluding carboxylic acids is 1. The van der Waals surface area contributed by atoms with Crippen molar-refractivity contribution in [2.24, 2.45) is 5.41 Å². The zero-order chi connectivity index (χ0) is 11.8. The largest absolute Gasteiger partial charge is 0.333 e. The van der Waals surface area contributed by atoms with E-state index < -0.39 is 0 Å². The maximum atomic E-state index is 11.9. The molecule has 92 valence electrons. The van der Waals surface area contributed by atoms with Crippen LogP contribution in [0.4, 0.5) is 4.79 Å². The second kappa shape index (κ2) is 4.24. The molecule has 2 amide bonds. The number of amides is 2. The van der Waals surface area contributed by atoms with E-state index in [-0.39, 0.29) is 17.5 Å². The van der Waals surface area contributed by atoms with Gasteiger partial charge in [-0.3, -0.25) is 0 Å². The van der Waals surface area contributed by atoms with Gasteiger partial charge in [0, 0.05) is 12.6 Å². The highest BCUT2D eigenvalue weighted by atomic mass is 16.2. The first-order valence-corrected chi connectivity index (χ1v) is 6.26. The van der Waals surface area contributed by atoms with Gasteiger partial charge in [-0.15, -0.1) is 0 Å². The fourth-order valence-electron chi connectivity index (χ4n) is 2.48. The van der Waals surface area contributed by atoms with E-state index in [9.17, 15) is 4.79 Å². The van der Waals surface area contributed by atoms with Crippen molar-refractivity contribution in [3.63, 3.8) is 0 Å². The van der Waals surface area contributed by atoms with E-state index in [2.05, 4.69) is 31.4 Å². The molecule has 2 aliphatic rings. The summed E-state index contributed by atoms with van der Waals surface area (Å²) in [5.41, 5.74) is 0.150. The predicted molar refractivity (Wildman–Crippen MR) is 64.4 cm³/mol. The third kappa shape index (κ3) is 2.32. The van der Waals surface area contributed by atoms with E-state index >= 15 is 0 Å². The zero-order valence-electron chi connectivity index (χ0n) is 10.5. The van der Waals surface area contributed by atoms with Crippen molar-refractivity contribution in [1.82, 2.24) is 15.5 Å². The predicted octanol–water partition coefficient (Wildman–Crippen LogP) is 1.18. The molecule has 16 heavy (non-hydrogen) atoms. The monoisotopic (exact) mass is 225 g/mol. The molecule has 1 atom stereocenters. The lowest BCUT2D eigenvalue weighted by molar-refractivity contribution is 0.178. The highest BCUT2D eigenvalue weighted by Gasteiger charge is 2.39. The lowest BCUT2D eigenvalue weighted by Gasteiger charge is -2.31. The quantitative estimate of drug-likeness (QED) is 0.704. The Bertz CT molecular complexity index is 266. The molecular weight excluding hydrogens is 202 g/mol. The van der Waals surface area contributed by atoms with Crippen LogP contribution in [-0.4, -0.2) is 42.6 Å². The zero-order valence-corrected chi connectivity index (χ0v) is 10.5. The first-order chi connectivity index (χ1) is 7.48. The fourth-order valence-corrected chi connectivity index (χ4v) is 2.48. The van der Waals surface area contributed by atoms with Crippen LogP contribution < -0.4 is 10.6 Å². The van der Waals surface area contributed by atoms with Crippen molar-refractivity contribution in [2.75, 3.05) is 19.6 Å². The van der Waals surface area contributed by atoms with E-state index in [0.717, 1.165) is 32.5 Å². The van der Waals surface area contributed by atoms with Crippen LogP contribution in [0.5, 0.6) is 0 Å². The lowest BCUT2D eigenvalue weighted by atomic mass is 9.87. The molecule has 0 aliphatic carbocycles. The van der Waals surface area contributed by atoms with Crippen LogP contribution in [0.2, 0.25) is 0 Å². The molecule has 2 rings (SSSR count). The van der Waals surface area contributed by atoms with Crippen LogP contribution in [-0.2, 0) is 0 Å². The number of piperidine rings is 1. The third-order valence-electron chi connectivity index (χ3n) is 3.73. The Kier molecular flexibility index (Phi) is 3.10. The number of nitrogens with one attached hydrogen (secondary N) is 2. The van der Waals surface area contributed by atoms with Gasteiger partial charge in [-0.2, -0.15) is 0 Å². The molecule has 2 heterocycles. The van der Waals surface area contributed by atoms with E-state index in [4.69, 9.17) is 0 Å². The van der Waals surface area contributed by atoms with Crippen molar-refractivity contribution in [3.8, 4) is 0 Å². The maximum Gasteiger partial charge on any atom is 0.318 e. The normalized spacial score (nSPS) is 28.3. The van der Waals surface area contributed by atoms with Gasteiger partial charge in [0.15, 0.2) is 0 Å². The number of nitrogens with zero attached hydrogens (tertiary/aromatic N) is 1. The molecule has 0 saturated carbocycles. The van der Waals surface area contributed by atoms with E-state index in [1.165, 1.54) is 0 Å². The average Bonchev–Trinajstić information content (AvgIpc) is 2.61. The molecule has 1 unspecified atom stereocenters. The van der Waals surface area contributed by atoms with Crippen LogP contribution in [0, 0.1) is 5.41 Å². The smallest absolute Gasteiger partial charge is 0.318 e. The molecule has 4 heteroatoms. The molecular formula is C12H23N3O. The van der Waals surface area contributed by atoms with E-state index in [0.29, 0.717) is 6.04 Å². The molecule has 0 aromatic heterocycles. The highest BCUT2D eigenvalue weighted by Crippen LogP contribution is 2.26. The second-order valence-corrected chi connectivity index (χ2v) is 6.00. The first-order valence-electron chi connectivity index (χ1n) is 6.26. The Balaban J connectivity index is 1.99. The standard InChI is InChI=1S/C12H23N3O/c1-12(2,3)10-8-15(11(16)14-10)9-4-6-13-7-5-9/h9-10,13H,4-8H2,1-3H3,(H,14,16). The van der Waals surface area contributed by atoms with Crippen LogP contribution in [0.15, 0.2) is 0 Å². The number of hydrogen-bond acceptors (Lipinski definition) is 2. The molecule has 0 bridgehead atoms. The molecule has 0 aromatic rings. The summed E-state index contributed by atoms with van der Waals surface area (Å²) in [6.45, 7) is 9.49. The minimum Gasteiger partial charge on any atom is -0.333 e. The van der Waals surface area contributed by atoms with Crippen molar-refractivity contribution < 1.29 is 4.79 Å². The van der Waals surface area contributed by atoms with Crippen molar-refractivity contribution in [3.05, 3.63) is 0 Å². The minimum atomic E-state index is 0.131. The van der Waals surface area contributed by atoms with E-state index in [1.54, 1.807) is 0 Å². The molecule has 2 saturated heterocycles. The van der Waals surface area contributed by atoms with Crippen molar-refractivity contribution in [1.29, 1.82) is 0 Å². The first kappa shape index (κ1) is 11.7. The lowest BCUT2D eigenvalue weighted by Crippen LogP contribution is -2.44. The summed E-state index contributed by atoms with van der Waals surface area (Å²) in [5, 5.41) is 6.44. The number of carbonyl (C=O) groups is 1. The Labute approximate surface area is 97.8 Å². The molecule has 2 aliphatic heterocycles. The summed E-state index contributed by atoms with van der Waals surface area (Å²) in [6.07, 6.45) is 2.18. The molecule has 0 spiro atoms. The van der Waals surface area contributed by atoms with Gasteiger partial charge < -0.3 is 15.5 Å². The van der Waals surface area contributed by atoms with Gasteiger partial charge in [0.2, 0.25) is 0 Å². The van der Waals surface area contributed by atoms with Gasteiger partial charge in [-0.05, 0) is 31.3 Å². The molecule has 2 N–H and O–H groups in total. The summed E-state index contributed by atoms with van der Waals surface area (Å²) in [7, 11) is 0. The summed E-state index contributed by atoms with van der Waals surface area (Å²) >= 11 is 0. The van der Waals surface area contributed by atoms with E-state index in [1.807, 2.05) is 4.90 Å².